The molecule has 0 saturated heterocycles. The number of aromatic nitrogens is 3. The Kier molecular flexibility index (Phi) is 5.91. The van der Waals surface area contributed by atoms with E-state index in [9.17, 15) is 9.59 Å². The predicted molar refractivity (Wildman–Crippen MR) is 121 cm³/mol. The first-order chi connectivity index (χ1) is 15.3. The van der Waals surface area contributed by atoms with Gasteiger partial charge in [-0.2, -0.15) is 9.50 Å². The molecule has 0 unspecified atom stereocenters. The summed E-state index contributed by atoms with van der Waals surface area (Å²) in [7, 11) is 1.48. The molecule has 4 rings (SSSR count). The molecule has 4 aromatic rings. The van der Waals surface area contributed by atoms with Crippen LogP contribution in [0.1, 0.15) is 26.3 Å². The fourth-order valence-electron chi connectivity index (χ4n) is 3.08. The van der Waals surface area contributed by atoms with Gasteiger partial charge in [-0.1, -0.05) is 17.4 Å². The average Bonchev–Trinajstić information content (AvgIpc) is 3.28. The van der Waals surface area contributed by atoms with E-state index in [1.807, 2.05) is 38.1 Å². The topological polar surface area (TPSA) is 92.0 Å². The number of hydrogen-bond acceptors (Lipinski definition) is 8. The van der Waals surface area contributed by atoms with Gasteiger partial charge < -0.3 is 14.2 Å². The van der Waals surface area contributed by atoms with Crippen molar-refractivity contribution in [1.29, 1.82) is 0 Å². The molecule has 0 spiro atoms. The molecule has 0 aliphatic rings. The maximum absolute atomic E-state index is 12.8. The molecule has 9 heteroatoms. The Morgan fingerprint density at radius 3 is 2.50 bits per heavy atom. The van der Waals surface area contributed by atoms with Gasteiger partial charge in [0.2, 0.25) is 4.96 Å². The highest BCUT2D eigenvalue weighted by molar-refractivity contribution is 7.15. The van der Waals surface area contributed by atoms with E-state index >= 15 is 0 Å². The van der Waals surface area contributed by atoms with E-state index < -0.39 is 5.97 Å². The molecule has 8 nitrogen and oxygen atoms in total. The Bertz CT molecular complexity index is 1390. The quantitative estimate of drug-likeness (QED) is 0.329. The zero-order chi connectivity index (χ0) is 22.8. The third-order valence-electron chi connectivity index (χ3n) is 4.41. The number of hydrogen-bond donors (Lipinski definition) is 0. The van der Waals surface area contributed by atoms with Crippen LogP contribution in [0.2, 0.25) is 0 Å². The number of ether oxygens (including phenoxy) is 3. The summed E-state index contributed by atoms with van der Waals surface area (Å²) in [5.74, 6) is 1.51. The molecule has 0 radical (unpaired) electrons. The molecule has 164 valence electrons. The second kappa shape index (κ2) is 8.80. The van der Waals surface area contributed by atoms with Crippen molar-refractivity contribution in [2.45, 2.75) is 26.9 Å². The Balaban J connectivity index is 1.65. The van der Waals surface area contributed by atoms with Gasteiger partial charge in [-0.3, -0.25) is 9.59 Å². The SMILES string of the molecule is COc1cc(/C=c2\sc3nc(-c4ccc(OC(C)C)cc4)nn3c2=O)ccc1OC(C)=O. The Morgan fingerprint density at radius 2 is 1.88 bits per heavy atom. The first-order valence-electron chi connectivity index (χ1n) is 9.89. The molecule has 0 saturated carbocycles. The smallest absolute Gasteiger partial charge is 0.308 e. The molecule has 2 heterocycles. The van der Waals surface area contributed by atoms with Crippen molar-refractivity contribution >= 4 is 28.3 Å². The van der Waals surface area contributed by atoms with Crippen LogP contribution >= 0.6 is 11.3 Å². The van der Waals surface area contributed by atoms with Gasteiger partial charge in [0, 0.05) is 12.5 Å². The third kappa shape index (κ3) is 4.47. The molecule has 0 amide bonds. The van der Waals surface area contributed by atoms with Crippen LogP contribution in [0.4, 0.5) is 0 Å². The van der Waals surface area contributed by atoms with Gasteiger partial charge in [-0.05, 0) is 61.9 Å². The van der Waals surface area contributed by atoms with Crippen LogP contribution in [0.25, 0.3) is 22.4 Å². The number of nitrogens with zero attached hydrogens (tertiary/aromatic N) is 3. The lowest BCUT2D eigenvalue weighted by Crippen LogP contribution is -2.23. The van der Waals surface area contributed by atoms with Gasteiger partial charge in [0.1, 0.15) is 5.75 Å². The summed E-state index contributed by atoms with van der Waals surface area (Å²) in [5, 5.41) is 4.38. The molecule has 0 fully saturated rings. The van der Waals surface area contributed by atoms with E-state index in [1.54, 1.807) is 24.3 Å². The second-order valence-corrected chi connectivity index (χ2v) is 8.25. The fraction of sp³-hybridized carbons (Fsp3) is 0.217. The third-order valence-corrected chi connectivity index (χ3v) is 5.36. The number of benzene rings is 2. The number of methoxy groups -OCH3 is 1. The summed E-state index contributed by atoms with van der Waals surface area (Å²) in [4.78, 5) is 29.1. The minimum Gasteiger partial charge on any atom is -0.493 e. The maximum atomic E-state index is 12.8. The maximum Gasteiger partial charge on any atom is 0.308 e. The van der Waals surface area contributed by atoms with Crippen LogP contribution in [-0.2, 0) is 4.79 Å². The predicted octanol–water partition coefficient (Wildman–Crippen LogP) is 3.09. The normalized spacial score (nSPS) is 11.8. The Hall–Kier alpha value is -3.72. The molecule has 0 N–H and O–H groups in total. The first-order valence-corrected chi connectivity index (χ1v) is 10.7. The standard InChI is InChI=1S/C23H21N3O5S/c1-13(2)30-17-8-6-16(7-9-17)21-24-23-26(25-21)22(28)20(32-23)12-15-5-10-18(31-14(3)27)19(11-15)29-4/h5-13H,1-4H3/b20-12-. The van der Waals surface area contributed by atoms with E-state index in [4.69, 9.17) is 14.2 Å². The lowest BCUT2D eigenvalue weighted by Gasteiger charge is -2.09. The van der Waals surface area contributed by atoms with Gasteiger partial charge >= 0.3 is 5.97 Å². The van der Waals surface area contributed by atoms with E-state index in [1.165, 1.54) is 29.9 Å². The highest BCUT2D eigenvalue weighted by atomic mass is 32.1. The van der Waals surface area contributed by atoms with Gasteiger partial charge in [-0.25, -0.2) is 0 Å². The summed E-state index contributed by atoms with van der Waals surface area (Å²) >= 11 is 1.24. The van der Waals surface area contributed by atoms with Crippen molar-refractivity contribution in [3.05, 3.63) is 62.9 Å². The number of carbonyl (C=O) groups excluding carboxylic acids is 1. The van der Waals surface area contributed by atoms with Crippen molar-refractivity contribution < 1.29 is 19.0 Å². The zero-order valence-corrected chi connectivity index (χ0v) is 18.8. The monoisotopic (exact) mass is 451 g/mol. The van der Waals surface area contributed by atoms with Crippen molar-refractivity contribution in [3.8, 4) is 28.6 Å². The lowest BCUT2D eigenvalue weighted by atomic mass is 10.2. The largest absolute Gasteiger partial charge is 0.493 e. The van der Waals surface area contributed by atoms with Gasteiger partial charge in [-0.15, -0.1) is 5.10 Å². The van der Waals surface area contributed by atoms with Gasteiger partial charge in [0.25, 0.3) is 5.56 Å². The molecule has 2 aromatic heterocycles. The van der Waals surface area contributed by atoms with E-state index in [2.05, 4.69) is 10.1 Å². The van der Waals surface area contributed by atoms with Crippen molar-refractivity contribution in [3.63, 3.8) is 0 Å². The number of fused-ring (bicyclic) bond motifs is 1. The molecular formula is C23H21N3O5S. The highest BCUT2D eigenvalue weighted by Crippen LogP contribution is 2.28. The summed E-state index contributed by atoms with van der Waals surface area (Å²) in [6, 6.07) is 12.5. The van der Waals surface area contributed by atoms with E-state index in [-0.39, 0.29) is 11.7 Å². The summed E-state index contributed by atoms with van der Waals surface area (Å²) in [6.07, 6.45) is 1.81. The van der Waals surface area contributed by atoms with Crippen LogP contribution in [0.15, 0.2) is 47.3 Å². The molecule has 0 aliphatic heterocycles. The Morgan fingerprint density at radius 1 is 1.12 bits per heavy atom. The number of rotatable bonds is 6. The van der Waals surface area contributed by atoms with E-state index in [0.717, 1.165) is 16.9 Å². The fourth-order valence-corrected chi connectivity index (χ4v) is 3.98. The van der Waals surface area contributed by atoms with Gasteiger partial charge in [0.15, 0.2) is 17.3 Å². The van der Waals surface area contributed by atoms with Crippen LogP contribution in [0.5, 0.6) is 17.2 Å². The summed E-state index contributed by atoms with van der Waals surface area (Å²) in [5.41, 5.74) is 1.26. The highest BCUT2D eigenvalue weighted by Gasteiger charge is 2.13. The summed E-state index contributed by atoms with van der Waals surface area (Å²) < 4.78 is 17.8. The Labute approximate surface area is 187 Å². The van der Waals surface area contributed by atoms with Crippen LogP contribution in [0.3, 0.4) is 0 Å². The van der Waals surface area contributed by atoms with E-state index in [0.29, 0.717) is 26.8 Å². The molecule has 0 atom stereocenters. The van der Waals surface area contributed by atoms with Crippen molar-refractivity contribution in [2.24, 2.45) is 0 Å². The number of esters is 1. The minimum atomic E-state index is -0.440. The lowest BCUT2D eigenvalue weighted by molar-refractivity contribution is -0.132. The average molecular weight is 452 g/mol. The zero-order valence-electron chi connectivity index (χ0n) is 18.0. The van der Waals surface area contributed by atoms with Crippen LogP contribution < -0.4 is 24.3 Å². The number of thiazole rings is 1. The molecule has 0 bridgehead atoms. The van der Waals surface area contributed by atoms with Crippen molar-refractivity contribution in [1.82, 2.24) is 14.6 Å². The molecule has 32 heavy (non-hydrogen) atoms. The summed E-state index contributed by atoms with van der Waals surface area (Å²) in [6.45, 7) is 5.25. The van der Waals surface area contributed by atoms with Crippen LogP contribution in [-0.4, -0.2) is 33.8 Å². The molecule has 2 aromatic carbocycles. The van der Waals surface area contributed by atoms with Crippen LogP contribution in [0, 0.1) is 0 Å². The van der Waals surface area contributed by atoms with Gasteiger partial charge in [0.05, 0.1) is 17.7 Å². The molecular weight excluding hydrogens is 430 g/mol. The second-order valence-electron chi connectivity index (χ2n) is 7.24. The minimum absolute atomic E-state index is 0.0902. The number of carbonyl (C=O) groups is 1. The van der Waals surface area contributed by atoms with Crippen molar-refractivity contribution in [2.75, 3.05) is 7.11 Å². The molecule has 0 aliphatic carbocycles. The first kappa shape index (κ1) is 21.5.